The smallest absolute Gasteiger partial charge is 0.161 e. The van der Waals surface area contributed by atoms with Crippen molar-refractivity contribution in [1.82, 2.24) is 9.97 Å². The molecule has 0 spiro atoms. The lowest BCUT2D eigenvalue weighted by Crippen LogP contribution is -2.14. The van der Waals surface area contributed by atoms with E-state index in [0.717, 1.165) is 55.7 Å². The van der Waals surface area contributed by atoms with Crippen LogP contribution in [0.5, 0.6) is 0 Å². The van der Waals surface area contributed by atoms with Crippen LogP contribution in [0.3, 0.4) is 0 Å². The Morgan fingerprint density at radius 1 is 0.305 bits per heavy atom. The molecular formula is C57H40N2. The molecule has 2 nitrogen and oxygen atoms in total. The van der Waals surface area contributed by atoms with E-state index in [1.165, 1.54) is 49.5 Å². The van der Waals surface area contributed by atoms with Gasteiger partial charge in [-0.2, -0.15) is 0 Å². The highest BCUT2D eigenvalue weighted by atomic mass is 14.9. The maximum atomic E-state index is 5.42. The first-order chi connectivity index (χ1) is 29.0. The largest absolute Gasteiger partial charge is 0.228 e. The molecule has 0 fully saturated rings. The minimum absolute atomic E-state index is 0.0829. The molecule has 1 heterocycles. The van der Waals surface area contributed by atoms with Crippen LogP contribution in [-0.4, -0.2) is 9.97 Å². The first-order valence-corrected chi connectivity index (χ1v) is 20.4. The van der Waals surface area contributed by atoms with Gasteiger partial charge in [-0.05, 0) is 126 Å². The predicted octanol–water partition coefficient (Wildman–Crippen LogP) is 15.1. The third-order valence-corrected chi connectivity index (χ3v) is 12.3. The number of hydrogen-bond donors (Lipinski definition) is 0. The van der Waals surface area contributed by atoms with E-state index < -0.39 is 0 Å². The van der Waals surface area contributed by atoms with Crippen LogP contribution in [0.2, 0.25) is 0 Å². The second-order valence-electron chi connectivity index (χ2n) is 16.2. The van der Waals surface area contributed by atoms with Crippen LogP contribution in [0.15, 0.2) is 206 Å². The highest BCUT2D eigenvalue weighted by molar-refractivity contribution is 6.05. The quantitative estimate of drug-likeness (QED) is 0.169. The van der Waals surface area contributed by atoms with Crippen molar-refractivity contribution >= 4 is 21.5 Å². The molecule has 0 bridgehead atoms. The van der Waals surface area contributed by atoms with Crippen molar-refractivity contribution in [3.63, 3.8) is 0 Å². The number of rotatable bonds is 6. The van der Waals surface area contributed by atoms with Gasteiger partial charge in [0.25, 0.3) is 0 Å². The van der Waals surface area contributed by atoms with Crippen molar-refractivity contribution in [1.29, 1.82) is 0 Å². The molecule has 1 aliphatic carbocycles. The van der Waals surface area contributed by atoms with Gasteiger partial charge in [-0.3, -0.25) is 0 Å². The van der Waals surface area contributed by atoms with Crippen LogP contribution in [0.25, 0.3) is 100.0 Å². The molecule has 1 aromatic heterocycles. The van der Waals surface area contributed by atoms with Crippen molar-refractivity contribution in [3.8, 4) is 78.4 Å². The molecule has 59 heavy (non-hydrogen) atoms. The van der Waals surface area contributed by atoms with Crippen molar-refractivity contribution in [2.24, 2.45) is 0 Å². The summed E-state index contributed by atoms with van der Waals surface area (Å²) in [6.07, 6.45) is 0. The number of hydrogen-bond acceptors (Lipinski definition) is 2. The molecule has 9 aromatic carbocycles. The van der Waals surface area contributed by atoms with Gasteiger partial charge in [0, 0.05) is 22.1 Å². The van der Waals surface area contributed by atoms with E-state index in [4.69, 9.17) is 9.97 Å². The molecule has 0 aliphatic heterocycles. The maximum absolute atomic E-state index is 5.42. The zero-order chi connectivity index (χ0) is 39.5. The number of fused-ring (bicyclic) bond motifs is 5. The first-order valence-electron chi connectivity index (χ1n) is 20.4. The van der Waals surface area contributed by atoms with Gasteiger partial charge < -0.3 is 0 Å². The topological polar surface area (TPSA) is 25.8 Å². The summed E-state index contributed by atoms with van der Waals surface area (Å²) in [7, 11) is 0. The van der Waals surface area contributed by atoms with Gasteiger partial charge in [0.05, 0.1) is 11.4 Å². The lowest BCUT2D eigenvalue weighted by Gasteiger charge is -2.22. The normalized spacial score (nSPS) is 12.7. The second kappa shape index (κ2) is 13.9. The molecule has 0 atom stereocenters. The second-order valence-corrected chi connectivity index (χ2v) is 16.2. The molecule has 0 saturated heterocycles. The fourth-order valence-electron chi connectivity index (χ4n) is 9.19. The Kier molecular flexibility index (Phi) is 8.20. The summed E-state index contributed by atoms with van der Waals surface area (Å²) in [5, 5.41) is 4.86. The summed E-state index contributed by atoms with van der Waals surface area (Å²) in [5.74, 6) is 0.701. The van der Waals surface area contributed by atoms with Crippen molar-refractivity contribution in [2.75, 3.05) is 0 Å². The highest BCUT2D eigenvalue weighted by Gasteiger charge is 2.36. The summed E-state index contributed by atoms with van der Waals surface area (Å²) < 4.78 is 0. The molecular weight excluding hydrogens is 713 g/mol. The molecule has 11 rings (SSSR count). The van der Waals surface area contributed by atoms with E-state index in [1.54, 1.807) is 0 Å². The van der Waals surface area contributed by atoms with E-state index in [1.807, 2.05) is 0 Å². The van der Waals surface area contributed by atoms with Gasteiger partial charge in [0.1, 0.15) is 0 Å². The summed E-state index contributed by atoms with van der Waals surface area (Å²) in [6.45, 7) is 4.71. The molecule has 278 valence electrons. The van der Waals surface area contributed by atoms with Crippen LogP contribution in [0.4, 0.5) is 0 Å². The average Bonchev–Trinajstić information content (AvgIpc) is 3.52. The van der Waals surface area contributed by atoms with E-state index in [2.05, 4.69) is 220 Å². The van der Waals surface area contributed by atoms with Crippen molar-refractivity contribution in [2.45, 2.75) is 19.3 Å². The van der Waals surface area contributed by atoms with Gasteiger partial charge >= 0.3 is 0 Å². The Balaban J connectivity index is 1.08. The average molecular weight is 753 g/mol. The molecule has 10 aromatic rings. The van der Waals surface area contributed by atoms with E-state index in [0.29, 0.717) is 5.82 Å². The van der Waals surface area contributed by atoms with Crippen molar-refractivity contribution in [3.05, 3.63) is 217 Å². The maximum Gasteiger partial charge on any atom is 0.161 e. The van der Waals surface area contributed by atoms with Gasteiger partial charge in [0.2, 0.25) is 0 Å². The zero-order valence-electron chi connectivity index (χ0n) is 33.0. The number of aromatic nitrogens is 2. The number of benzene rings is 9. The molecule has 1 aliphatic rings. The van der Waals surface area contributed by atoms with Crippen LogP contribution in [0.1, 0.15) is 25.0 Å². The fraction of sp³-hybridized carbons (Fsp3) is 0.0526. The zero-order valence-corrected chi connectivity index (χ0v) is 33.0. The lowest BCUT2D eigenvalue weighted by atomic mass is 9.81. The summed E-state index contributed by atoms with van der Waals surface area (Å²) in [6, 6.07) is 74.4. The standard InChI is InChI=1S/C57H40N2/c1-57(2)52-29-26-42(34-50(52)51-33-40-22-12-13-23-41(40)35-53(51)57)46-27-28-49(48-25-15-14-24-47(46)48)56-58-54(39-20-10-5-11-21-39)36-55(59-56)45-31-43(37-16-6-3-7-17-37)30-44(32-45)38-18-8-4-9-19-38/h3-36H,1-2H3. The van der Waals surface area contributed by atoms with Gasteiger partial charge in [0.15, 0.2) is 5.82 Å². The van der Waals surface area contributed by atoms with Gasteiger partial charge in [-0.25, -0.2) is 9.97 Å². The SMILES string of the molecule is CC1(C)c2ccc(-c3ccc(-c4nc(-c5ccccc5)cc(-c5cc(-c6ccccc6)cc(-c6ccccc6)c5)n4)c4ccccc34)cc2-c2cc3ccccc3cc21. The molecule has 0 amide bonds. The predicted molar refractivity (Wildman–Crippen MR) is 247 cm³/mol. The molecule has 0 unspecified atom stereocenters. The Bertz CT molecular complexity index is 3160. The van der Waals surface area contributed by atoms with Crippen LogP contribution in [0, 0.1) is 0 Å². The minimum atomic E-state index is -0.0829. The summed E-state index contributed by atoms with van der Waals surface area (Å²) >= 11 is 0. The van der Waals surface area contributed by atoms with E-state index >= 15 is 0 Å². The van der Waals surface area contributed by atoms with E-state index in [-0.39, 0.29) is 5.41 Å². The van der Waals surface area contributed by atoms with E-state index in [9.17, 15) is 0 Å². The minimum Gasteiger partial charge on any atom is -0.228 e. The van der Waals surface area contributed by atoms with Crippen LogP contribution < -0.4 is 0 Å². The Hall–Kier alpha value is -7.42. The van der Waals surface area contributed by atoms with Gasteiger partial charge in [-0.1, -0.05) is 172 Å². The molecule has 2 heteroatoms. The third-order valence-electron chi connectivity index (χ3n) is 12.3. The third kappa shape index (κ3) is 6.04. The molecule has 0 radical (unpaired) electrons. The fourth-order valence-corrected chi connectivity index (χ4v) is 9.19. The highest BCUT2D eigenvalue weighted by Crippen LogP contribution is 2.51. The molecule has 0 N–H and O–H groups in total. The Morgan fingerprint density at radius 3 is 1.44 bits per heavy atom. The lowest BCUT2D eigenvalue weighted by molar-refractivity contribution is 0.661. The first kappa shape index (κ1) is 34.8. The van der Waals surface area contributed by atoms with Crippen molar-refractivity contribution < 1.29 is 0 Å². The Labute approximate surface area is 345 Å². The summed E-state index contributed by atoms with van der Waals surface area (Å²) in [5.41, 5.74) is 17.2. The van der Waals surface area contributed by atoms with Crippen LogP contribution >= 0.6 is 0 Å². The number of nitrogens with zero attached hydrogens (tertiary/aromatic N) is 2. The monoisotopic (exact) mass is 752 g/mol. The van der Waals surface area contributed by atoms with Gasteiger partial charge in [-0.15, -0.1) is 0 Å². The van der Waals surface area contributed by atoms with Crippen LogP contribution in [-0.2, 0) is 5.41 Å². The molecule has 0 saturated carbocycles. The Morgan fingerprint density at radius 2 is 0.797 bits per heavy atom. The summed E-state index contributed by atoms with van der Waals surface area (Å²) in [4.78, 5) is 10.7.